The number of carbonyl (C=O) groups is 1. The van der Waals surface area contributed by atoms with Gasteiger partial charge in [0.15, 0.2) is 0 Å². The fourth-order valence-electron chi connectivity index (χ4n) is 4.28. The second-order valence-electron chi connectivity index (χ2n) is 7.56. The maximum absolute atomic E-state index is 13.4. The predicted octanol–water partition coefficient (Wildman–Crippen LogP) is 5.26. The molecule has 5 heteroatoms. The van der Waals surface area contributed by atoms with Crippen molar-refractivity contribution in [1.82, 2.24) is 9.88 Å². The topological polar surface area (TPSA) is 39.3 Å². The normalized spacial score (nSPS) is 19.0. The zero-order valence-corrected chi connectivity index (χ0v) is 17.2. The van der Waals surface area contributed by atoms with Crippen molar-refractivity contribution in [2.45, 2.75) is 19.3 Å². The van der Waals surface area contributed by atoms with Crippen molar-refractivity contribution in [3.05, 3.63) is 64.3 Å². The first-order chi connectivity index (χ1) is 13.7. The van der Waals surface area contributed by atoms with Gasteiger partial charge in [-0.3, -0.25) is 14.6 Å². The number of benzene rings is 2. The fraction of sp³-hybridized carbons (Fsp3) is 0.261. The van der Waals surface area contributed by atoms with Crippen LogP contribution >= 0.6 is 15.9 Å². The van der Waals surface area contributed by atoms with E-state index in [4.69, 9.17) is 0 Å². The van der Waals surface area contributed by atoms with Crippen molar-refractivity contribution in [1.29, 1.82) is 0 Å². The Morgan fingerprint density at radius 1 is 1.07 bits per heavy atom. The standard InChI is InChI=1S/C23H22BrN3O/c24-17-8-9-19-20(12-16-14-25-21-7-3-2-6-18(16)21)23(28)27(22(19)13-17)15-26-10-4-1-5-11-26/h2-3,6-9,12-14,25H,1,4-5,10-11,15H2/b20-12-. The zero-order valence-electron chi connectivity index (χ0n) is 15.6. The Bertz CT molecular complexity index is 1080. The first kappa shape index (κ1) is 17.7. The molecule has 0 radical (unpaired) electrons. The quantitative estimate of drug-likeness (QED) is 0.569. The summed E-state index contributed by atoms with van der Waals surface area (Å²) in [6.07, 6.45) is 7.73. The van der Waals surface area contributed by atoms with Gasteiger partial charge < -0.3 is 4.98 Å². The molecule has 2 aromatic carbocycles. The molecular weight excluding hydrogens is 414 g/mol. The number of hydrogen-bond acceptors (Lipinski definition) is 2. The number of piperidine rings is 1. The third-order valence-corrected chi connectivity index (χ3v) is 6.22. The molecule has 0 saturated carbocycles. The van der Waals surface area contributed by atoms with Crippen molar-refractivity contribution in [3.8, 4) is 0 Å². The van der Waals surface area contributed by atoms with E-state index < -0.39 is 0 Å². The SMILES string of the molecule is O=C1/C(=C\c2c[nH]c3ccccc23)c2ccc(Br)cc2N1CN1CCCCC1. The number of carbonyl (C=O) groups excluding carboxylic acids is 1. The van der Waals surface area contributed by atoms with Crippen LogP contribution in [0.25, 0.3) is 22.6 Å². The summed E-state index contributed by atoms with van der Waals surface area (Å²) in [7, 11) is 0. The molecule has 142 valence electrons. The maximum Gasteiger partial charge on any atom is 0.260 e. The highest BCUT2D eigenvalue weighted by Gasteiger charge is 2.33. The molecule has 28 heavy (non-hydrogen) atoms. The molecule has 1 saturated heterocycles. The summed E-state index contributed by atoms with van der Waals surface area (Å²) in [5, 5.41) is 1.14. The number of hydrogen-bond donors (Lipinski definition) is 1. The Kier molecular flexibility index (Phi) is 4.57. The van der Waals surface area contributed by atoms with Crippen molar-refractivity contribution in [2.24, 2.45) is 0 Å². The molecule has 1 aromatic heterocycles. The molecule has 2 aliphatic heterocycles. The Labute approximate surface area is 173 Å². The van der Waals surface area contributed by atoms with Gasteiger partial charge in [-0.2, -0.15) is 0 Å². The smallest absolute Gasteiger partial charge is 0.260 e. The van der Waals surface area contributed by atoms with E-state index >= 15 is 0 Å². The van der Waals surface area contributed by atoms with Crippen LogP contribution in [0.2, 0.25) is 0 Å². The van der Waals surface area contributed by atoms with E-state index in [0.29, 0.717) is 6.67 Å². The highest BCUT2D eigenvalue weighted by molar-refractivity contribution is 9.10. The molecular formula is C23H22BrN3O. The van der Waals surface area contributed by atoms with Crippen molar-refractivity contribution < 1.29 is 4.79 Å². The molecule has 4 nitrogen and oxygen atoms in total. The highest BCUT2D eigenvalue weighted by Crippen LogP contribution is 2.40. The minimum Gasteiger partial charge on any atom is -0.361 e. The second-order valence-corrected chi connectivity index (χ2v) is 8.48. The molecule has 1 fully saturated rings. The van der Waals surface area contributed by atoms with Crippen LogP contribution in [0.15, 0.2) is 53.1 Å². The number of nitrogens with one attached hydrogen (secondary N) is 1. The summed E-state index contributed by atoms with van der Waals surface area (Å²) in [4.78, 5) is 21.0. The van der Waals surface area contributed by atoms with Crippen molar-refractivity contribution >= 4 is 50.1 Å². The van der Waals surface area contributed by atoms with Crippen LogP contribution in [0.3, 0.4) is 0 Å². The number of aromatic nitrogens is 1. The van der Waals surface area contributed by atoms with E-state index in [1.54, 1.807) is 0 Å². The lowest BCUT2D eigenvalue weighted by Crippen LogP contribution is -2.42. The number of rotatable bonds is 3. The summed E-state index contributed by atoms with van der Waals surface area (Å²) in [6, 6.07) is 14.3. The number of likely N-dealkylation sites (tertiary alicyclic amines) is 1. The monoisotopic (exact) mass is 435 g/mol. The average Bonchev–Trinajstić information content (AvgIpc) is 3.24. The van der Waals surface area contributed by atoms with E-state index in [0.717, 1.165) is 50.9 Å². The lowest BCUT2D eigenvalue weighted by Gasteiger charge is -2.31. The molecule has 0 unspecified atom stereocenters. The molecule has 2 aliphatic rings. The van der Waals surface area contributed by atoms with Gasteiger partial charge in [0, 0.05) is 38.3 Å². The van der Waals surface area contributed by atoms with Crippen LogP contribution in [-0.2, 0) is 4.79 Å². The molecule has 3 heterocycles. The van der Waals surface area contributed by atoms with E-state index in [-0.39, 0.29) is 5.91 Å². The Hall–Kier alpha value is -2.37. The van der Waals surface area contributed by atoms with Gasteiger partial charge in [0.1, 0.15) is 0 Å². The number of amides is 1. The number of para-hydroxylation sites is 1. The molecule has 0 spiro atoms. The molecule has 1 N–H and O–H groups in total. The predicted molar refractivity (Wildman–Crippen MR) is 118 cm³/mol. The van der Waals surface area contributed by atoms with Gasteiger partial charge in [-0.1, -0.05) is 46.6 Å². The van der Waals surface area contributed by atoms with Gasteiger partial charge in [0.2, 0.25) is 0 Å². The molecule has 0 aliphatic carbocycles. The van der Waals surface area contributed by atoms with Crippen LogP contribution in [0.5, 0.6) is 0 Å². The largest absolute Gasteiger partial charge is 0.361 e. The summed E-state index contributed by atoms with van der Waals surface area (Å²) < 4.78 is 0.996. The van der Waals surface area contributed by atoms with Crippen LogP contribution in [0.1, 0.15) is 30.4 Å². The summed E-state index contributed by atoms with van der Waals surface area (Å²) in [6.45, 7) is 2.79. The highest BCUT2D eigenvalue weighted by atomic mass is 79.9. The van der Waals surface area contributed by atoms with E-state index in [1.165, 1.54) is 19.3 Å². The van der Waals surface area contributed by atoms with E-state index in [9.17, 15) is 4.79 Å². The first-order valence-corrected chi connectivity index (χ1v) is 10.6. The van der Waals surface area contributed by atoms with E-state index in [2.05, 4.69) is 44.0 Å². The number of anilines is 1. The number of H-pyrrole nitrogens is 1. The molecule has 0 bridgehead atoms. The molecule has 3 aromatic rings. The maximum atomic E-state index is 13.4. The fourth-order valence-corrected chi connectivity index (χ4v) is 4.62. The summed E-state index contributed by atoms with van der Waals surface area (Å²) >= 11 is 3.57. The van der Waals surface area contributed by atoms with Gasteiger partial charge in [-0.15, -0.1) is 0 Å². The first-order valence-electron chi connectivity index (χ1n) is 9.83. The number of fused-ring (bicyclic) bond motifs is 2. The van der Waals surface area contributed by atoms with Gasteiger partial charge in [-0.05, 0) is 50.2 Å². The van der Waals surface area contributed by atoms with Crippen molar-refractivity contribution in [3.63, 3.8) is 0 Å². The average molecular weight is 436 g/mol. The third kappa shape index (κ3) is 3.09. The van der Waals surface area contributed by atoms with Gasteiger partial charge in [0.25, 0.3) is 5.91 Å². The van der Waals surface area contributed by atoms with Crippen LogP contribution in [0, 0.1) is 0 Å². The zero-order chi connectivity index (χ0) is 19.1. The lowest BCUT2D eigenvalue weighted by molar-refractivity contribution is -0.113. The lowest BCUT2D eigenvalue weighted by atomic mass is 10.0. The number of nitrogens with zero attached hydrogens (tertiary/aromatic N) is 2. The Balaban J connectivity index is 1.56. The van der Waals surface area contributed by atoms with Gasteiger partial charge in [-0.25, -0.2) is 0 Å². The van der Waals surface area contributed by atoms with Gasteiger partial charge in [0.05, 0.1) is 12.4 Å². The summed E-state index contributed by atoms with van der Waals surface area (Å²) in [5.74, 6) is 0.0870. The minimum atomic E-state index is 0.0870. The van der Waals surface area contributed by atoms with E-state index in [1.807, 2.05) is 41.4 Å². The minimum absolute atomic E-state index is 0.0870. The Morgan fingerprint density at radius 3 is 2.75 bits per heavy atom. The molecule has 5 rings (SSSR count). The van der Waals surface area contributed by atoms with Crippen LogP contribution < -0.4 is 4.90 Å². The number of halogens is 1. The van der Waals surface area contributed by atoms with Crippen LogP contribution in [0.4, 0.5) is 5.69 Å². The molecule has 0 atom stereocenters. The second kappa shape index (κ2) is 7.22. The van der Waals surface area contributed by atoms with Crippen LogP contribution in [-0.4, -0.2) is 35.5 Å². The number of aromatic amines is 1. The van der Waals surface area contributed by atoms with Crippen molar-refractivity contribution in [2.75, 3.05) is 24.7 Å². The molecule has 1 amide bonds. The summed E-state index contributed by atoms with van der Waals surface area (Å²) in [5.41, 5.74) is 4.91. The Morgan fingerprint density at radius 2 is 1.89 bits per heavy atom. The van der Waals surface area contributed by atoms with Gasteiger partial charge >= 0.3 is 0 Å². The third-order valence-electron chi connectivity index (χ3n) is 5.73.